The molecule has 0 radical (unpaired) electrons. The first-order valence-corrected chi connectivity index (χ1v) is 6.36. The maximum absolute atomic E-state index is 14.0. The fourth-order valence-electron chi connectivity index (χ4n) is 1.87. The minimum absolute atomic E-state index is 0.0396. The van der Waals surface area contributed by atoms with Gasteiger partial charge in [-0.15, -0.1) is 0 Å². The van der Waals surface area contributed by atoms with E-state index < -0.39 is 23.5 Å². The molecule has 0 aliphatic carbocycles. The molecule has 0 aromatic heterocycles. The van der Waals surface area contributed by atoms with E-state index in [1.165, 1.54) is 31.2 Å². The molecule has 0 saturated carbocycles. The summed E-state index contributed by atoms with van der Waals surface area (Å²) in [5, 5.41) is 0. The molecule has 2 N–H and O–H groups in total. The summed E-state index contributed by atoms with van der Waals surface area (Å²) in [5.74, 6) is -2.13. The zero-order valence-corrected chi connectivity index (χ0v) is 11.6. The van der Waals surface area contributed by atoms with Crippen LogP contribution in [0, 0.1) is 24.4 Å². The molecule has 100 valence electrons. The summed E-state index contributed by atoms with van der Waals surface area (Å²) in [6.45, 7) is 1.50. The fourth-order valence-corrected chi connectivity index (χ4v) is 2.25. The maximum Gasteiger partial charge on any atom is 0.134 e. The third-order valence-electron chi connectivity index (χ3n) is 2.92. The minimum atomic E-state index is -1.20. The van der Waals surface area contributed by atoms with Crippen LogP contribution < -0.4 is 5.73 Å². The highest BCUT2D eigenvalue weighted by Gasteiger charge is 2.22. The molecular formula is C14H11BrF3N. The Labute approximate surface area is 117 Å². The highest BCUT2D eigenvalue weighted by atomic mass is 79.9. The zero-order valence-electron chi connectivity index (χ0n) is 10.1. The van der Waals surface area contributed by atoms with Crippen molar-refractivity contribution in [2.45, 2.75) is 13.0 Å². The van der Waals surface area contributed by atoms with Crippen LogP contribution in [0.5, 0.6) is 0 Å². The third kappa shape index (κ3) is 2.67. The summed E-state index contributed by atoms with van der Waals surface area (Å²) >= 11 is 3.18. The van der Waals surface area contributed by atoms with E-state index in [-0.39, 0.29) is 16.7 Å². The Hall–Kier alpha value is -1.33. The van der Waals surface area contributed by atoms with Crippen LogP contribution in [-0.2, 0) is 0 Å². The van der Waals surface area contributed by atoms with E-state index in [1.54, 1.807) is 0 Å². The molecule has 0 aliphatic heterocycles. The number of hydrogen-bond acceptors (Lipinski definition) is 1. The van der Waals surface area contributed by atoms with Crippen molar-refractivity contribution in [3.63, 3.8) is 0 Å². The van der Waals surface area contributed by atoms with Crippen LogP contribution in [0.4, 0.5) is 13.2 Å². The molecule has 0 bridgehead atoms. The number of halogens is 4. The van der Waals surface area contributed by atoms with Crippen LogP contribution in [0.1, 0.15) is 22.7 Å². The highest BCUT2D eigenvalue weighted by molar-refractivity contribution is 9.10. The number of aryl methyl sites for hydroxylation is 1. The van der Waals surface area contributed by atoms with Gasteiger partial charge in [0.1, 0.15) is 17.5 Å². The second-order valence-electron chi connectivity index (χ2n) is 4.24. The molecule has 2 aromatic rings. The van der Waals surface area contributed by atoms with Crippen molar-refractivity contribution >= 4 is 15.9 Å². The number of rotatable bonds is 2. The second-order valence-corrected chi connectivity index (χ2v) is 5.15. The molecular weight excluding hydrogens is 319 g/mol. The molecule has 5 heteroatoms. The molecule has 1 unspecified atom stereocenters. The molecule has 1 nitrogen and oxygen atoms in total. The van der Waals surface area contributed by atoms with E-state index in [0.717, 1.165) is 6.07 Å². The van der Waals surface area contributed by atoms with Crippen LogP contribution in [-0.4, -0.2) is 0 Å². The summed E-state index contributed by atoms with van der Waals surface area (Å²) in [6.07, 6.45) is 0. The quantitative estimate of drug-likeness (QED) is 0.876. The Balaban J connectivity index is 2.59. The largest absolute Gasteiger partial charge is 0.320 e. The first kappa shape index (κ1) is 14.1. The zero-order chi connectivity index (χ0) is 14.2. The van der Waals surface area contributed by atoms with Crippen molar-refractivity contribution in [1.82, 2.24) is 0 Å². The van der Waals surface area contributed by atoms with Gasteiger partial charge in [0.05, 0.1) is 6.04 Å². The molecule has 0 amide bonds. The summed E-state index contributed by atoms with van der Waals surface area (Å²) in [5.41, 5.74) is 5.80. The van der Waals surface area contributed by atoms with E-state index in [2.05, 4.69) is 15.9 Å². The predicted molar refractivity (Wildman–Crippen MR) is 71.2 cm³/mol. The van der Waals surface area contributed by atoms with E-state index in [4.69, 9.17) is 5.73 Å². The smallest absolute Gasteiger partial charge is 0.134 e. The Kier molecular flexibility index (Phi) is 3.96. The highest BCUT2D eigenvalue weighted by Crippen LogP contribution is 2.29. The molecule has 19 heavy (non-hydrogen) atoms. The van der Waals surface area contributed by atoms with Gasteiger partial charge in [-0.2, -0.15) is 0 Å². The SMILES string of the molecule is Cc1ccc(F)c(C(N)c2cc(Br)ccc2F)c1F. The lowest BCUT2D eigenvalue weighted by atomic mass is 9.96. The van der Waals surface area contributed by atoms with Crippen LogP contribution >= 0.6 is 15.9 Å². The van der Waals surface area contributed by atoms with Crippen LogP contribution in [0.3, 0.4) is 0 Å². The molecule has 2 aromatic carbocycles. The normalized spacial score (nSPS) is 12.5. The van der Waals surface area contributed by atoms with Gasteiger partial charge in [-0.05, 0) is 36.8 Å². The number of hydrogen-bond donors (Lipinski definition) is 1. The van der Waals surface area contributed by atoms with E-state index in [0.29, 0.717) is 4.47 Å². The average molecular weight is 330 g/mol. The van der Waals surface area contributed by atoms with Crippen LogP contribution in [0.25, 0.3) is 0 Å². The van der Waals surface area contributed by atoms with E-state index in [9.17, 15) is 13.2 Å². The second kappa shape index (κ2) is 5.35. The first-order chi connectivity index (χ1) is 8.91. The molecule has 2 rings (SSSR count). The summed E-state index contributed by atoms with van der Waals surface area (Å²) in [6, 6.07) is 5.36. The molecule has 1 atom stereocenters. The Morgan fingerprint density at radius 1 is 1.05 bits per heavy atom. The van der Waals surface area contributed by atoms with Gasteiger partial charge in [-0.1, -0.05) is 22.0 Å². The Morgan fingerprint density at radius 2 is 1.68 bits per heavy atom. The van der Waals surface area contributed by atoms with Crippen molar-refractivity contribution in [2.75, 3.05) is 0 Å². The lowest BCUT2D eigenvalue weighted by Gasteiger charge is -2.16. The fraction of sp³-hybridized carbons (Fsp3) is 0.143. The summed E-state index contributed by atoms with van der Waals surface area (Å²) < 4.78 is 42.0. The van der Waals surface area contributed by atoms with Gasteiger partial charge in [0.25, 0.3) is 0 Å². The summed E-state index contributed by atoms with van der Waals surface area (Å²) in [7, 11) is 0. The Bertz CT molecular complexity index is 628. The van der Waals surface area contributed by atoms with Crippen LogP contribution in [0.15, 0.2) is 34.8 Å². The average Bonchev–Trinajstić information content (AvgIpc) is 2.37. The first-order valence-electron chi connectivity index (χ1n) is 5.57. The standard InChI is InChI=1S/C14H11BrF3N/c1-7-2-4-11(17)12(13(7)18)14(19)9-6-8(15)3-5-10(9)16/h2-6,14H,19H2,1H3. The molecule has 0 fully saturated rings. The predicted octanol–water partition coefficient (Wildman–Crippen LogP) is 4.22. The van der Waals surface area contributed by atoms with Gasteiger partial charge in [-0.3, -0.25) is 0 Å². The van der Waals surface area contributed by atoms with Crippen molar-refractivity contribution in [3.05, 3.63) is 68.9 Å². The van der Waals surface area contributed by atoms with Crippen molar-refractivity contribution in [1.29, 1.82) is 0 Å². The van der Waals surface area contributed by atoms with E-state index in [1.807, 2.05) is 0 Å². The molecule has 0 aliphatic rings. The van der Waals surface area contributed by atoms with E-state index >= 15 is 0 Å². The van der Waals surface area contributed by atoms with Crippen molar-refractivity contribution in [2.24, 2.45) is 5.73 Å². The van der Waals surface area contributed by atoms with Gasteiger partial charge >= 0.3 is 0 Å². The minimum Gasteiger partial charge on any atom is -0.320 e. The van der Waals surface area contributed by atoms with Gasteiger partial charge < -0.3 is 5.73 Å². The maximum atomic E-state index is 14.0. The lowest BCUT2D eigenvalue weighted by Crippen LogP contribution is -2.17. The van der Waals surface area contributed by atoms with Gasteiger partial charge in [0, 0.05) is 15.6 Å². The molecule has 0 saturated heterocycles. The Morgan fingerprint density at radius 3 is 2.37 bits per heavy atom. The molecule has 0 heterocycles. The molecule has 0 spiro atoms. The van der Waals surface area contributed by atoms with Crippen LogP contribution in [0.2, 0.25) is 0 Å². The van der Waals surface area contributed by atoms with Gasteiger partial charge in [-0.25, -0.2) is 13.2 Å². The van der Waals surface area contributed by atoms with Gasteiger partial charge in [0.2, 0.25) is 0 Å². The summed E-state index contributed by atoms with van der Waals surface area (Å²) in [4.78, 5) is 0. The number of nitrogens with two attached hydrogens (primary N) is 1. The monoisotopic (exact) mass is 329 g/mol. The topological polar surface area (TPSA) is 26.0 Å². The van der Waals surface area contributed by atoms with Crippen molar-refractivity contribution in [3.8, 4) is 0 Å². The van der Waals surface area contributed by atoms with Gasteiger partial charge in [0.15, 0.2) is 0 Å². The van der Waals surface area contributed by atoms with Crippen molar-refractivity contribution < 1.29 is 13.2 Å². The number of benzene rings is 2. The third-order valence-corrected chi connectivity index (χ3v) is 3.42. The lowest BCUT2D eigenvalue weighted by molar-refractivity contribution is 0.528.